The lowest BCUT2D eigenvalue weighted by molar-refractivity contribution is -0.123. The van der Waals surface area contributed by atoms with Crippen LogP contribution < -0.4 is 19.6 Å². The van der Waals surface area contributed by atoms with Gasteiger partial charge in [-0.05, 0) is 57.0 Å². The van der Waals surface area contributed by atoms with E-state index < -0.39 is 5.91 Å². The molecule has 0 radical (unpaired) electrons. The van der Waals surface area contributed by atoms with Gasteiger partial charge in [0.05, 0.1) is 25.5 Å². The molecule has 2 N–H and O–H groups in total. The van der Waals surface area contributed by atoms with Gasteiger partial charge in [-0.1, -0.05) is 12.1 Å². The lowest BCUT2D eigenvalue weighted by Crippen LogP contribution is -2.24. The van der Waals surface area contributed by atoms with Gasteiger partial charge in [0.25, 0.3) is 5.91 Å². The first-order valence-electron chi connectivity index (χ1n) is 7.89. The fourth-order valence-corrected chi connectivity index (χ4v) is 2.90. The summed E-state index contributed by atoms with van der Waals surface area (Å²) in [6.07, 6.45) is 1.30. The van der Waals surface area contributed by atoms with Gasteiger partial charge in [-0.15, -0.1) is 0 Å². The molecule has 9 heteroatoms. The Morgan fingerprint density at radius 2 is 1.89 bits per heavy atom. The average molecular weight is 502 g/mol. The Labute approximate surface area is 173 Å². The van der Waals surface area contributed by atoms with Gasteiger partial charge in [0.15, 0.2) is 29.6 Å². The van der Waals surface area contributed by atoms with E-state index in [9.17, 15) is 9.90 Å². The topological polar surface area (TPSA) is 89.4 Å². The Bertz CT molecular complexity index is 843. The lowest BCUT2D eigenvalue weighted by atomic mass is 10.2. The number of ether oxygens (including phenoxy) is 3. The molecule has 144 valence electrons. The molecular weight excluding hydrogens is 484 g/mol. The van der Waals surface area contributed by atoms with Gasteiger partial charge >= 0.3 is 0 Å². The van der Waals surface area contributed by atoms with Crippen LogP contribution in [-0.4, -0.2) is 37.6 Å². The van der Waals surface area contributed by atoms with E-state index in [2.05, 4.69) is 42.4 Å². The molecule has 0 unspecified atom stereocenters. The van der Waals surface area contributed by atoms with E-state index in [4.69, 9.17) is 14.2 Å². The maximum absolute atomic E-state index is 11.9. The Morgan fingerprint density at radius 3 is 2.52 bits per heavy atom. The summed E-state index contributed by atoms with van der Waals surface area (Å²) < 4.78 is 17.2. The lowest BCUT2D eigenvalue weighted by Gasteiger charge is -2.11. The summed E-state index contributed by atoms with van der Waals surface area (Å²) in [5.41, 5.74) is 2.69. The van der Waals surface area contributed by atoms with Crippen molar-refractivity contribution in [3.05, 3.63) is 44.8 Å². The van der Waals surface area contributed by atoms with Crippen molar-refractivity contribution in [3.8, 4) is 23.0 Å². The van der Waals surface area contributed by atoms with Crippen molar-refractivity contribution in [3.63, 3.8) is 0 Å². The second-order valence-corrected chi connectivity index (χ2v) is 6.75. The van der Waals surface area contributed by atoms with Crippen LogP contribution in [0.2, 0.25) is 0 Å². The minimum absolute atomic E-state index is 0.104. The highest BCUT2D eigenvalue weighted by atomic mass is 79.9. The molecule has 0 aliphatic carbocycles. The molecule has 0 heterocycles. The number of rotatable bonds is 8. The first-order chi connectivity index (χ1) is 13.0. The van der Waals surface area contributed by atoms with Crippen LogP contribution in [0, 0.1) is 0 Å². The van der Waals surface area contributed by atoms with Crippen molar-refractivity contribution >= 4 is 44.0 Å². The normalized spacial score (nSPS) is 10.7. The van der Waals surface area contributed by atoms with Crippen LogP contribution in [0.5, 0.6) is 23.0 Å². The number of nitrogens with one attached hydrogen (secondary N) is 1. The summed E-state index contributed by atoms with van der Waals surface area (Å²) in [5, 5.41) is 14.0. The number of nitrogens with zero attached hydrogens (tertiary/aromatic N) is 1. The number of hydrogen-bond donors (Lipinski definition) is 2. The summed E-state index contributed by atoms with van der Waals surface area (Å²) in [4.78, 5) is 11.9. The molecule has 2 aromatic carbocycles. The van der Waals surface area contributed by atoms with E-state index >= 15 is 0 Å². The number of aromatic hydroxyl groups is 1. The average Bonchev–Trinajstić information content (AvgIpc) is 2.67. The van der Waals surface area contributed by atoms with Crippen LogP contribution >= 0.6 is 31.9 Å². The third-order valence-electron chi connectivity index (χ3n) is 3.30. The number of hydrazone groups is 1. The maximum Gasteiger partial charge on any atom is 0.277 e. The number of carbonyl (C=O) groups is 1. The molecule has 0 atom stereocenters. The van der Waals surface area contributed by atoms with Gasteiger partial charge in [0.1, 0.15) is 0 Å². The van der Waals surface area contributed by atoms with Crippen LogP contribution in [0.3, 0.4) is 0 Å². The second-order valence-electron chi connectivity index (χ2n) is 5.10. The van der Waals surface area contributed by atoms with Gasteiger partial charge in [0, 0.05) is 8.95 Å². The van der Waals surface area contributed by atoms with Crippen molar-refractivity contribution in [1.29, 1.82) is 0 Å². The van der Waals surface area contributed by atoms with Crippen molar-refractivity contribution in [2.24, 2.45) is 5.10 Å². The molecule has 0 aromatic heterocycles. The summed E-state index contributed by atoms with van der Waals surface area (Å²) in [6.45, 7) is 2.12. The molecule has 2 aromatic rings. The van der Waals surface area contributed by atoms with E-state index in [0.29, 0.717) is 32.6 Å². The zero-order chi connectivity index (χ0) is 19.8. The summed E-state index contributed by atoms with van der Waals surface area (Å²) >= 11 is 6.68. The third kappa shape index (κ3) is 5.61. The number of benzene rings is 2. The van der Waals surface area contributed by atoms with E-state index in [1.54, 1.807) is 24.3 Å². The zero-order valence-corrected chi connectivity index (χ0v) is 17.8. The Balaban J connectivity index is 1.99. The molecule has 1 amide bonds. The SMILES string of the molecule is CCOc1ccccc1OCC(=O)N/N=C/c1c(O)c(OC)cc(Br)c1Br. The van der Waals surface area contributed by atoms with Crippen LogP contribution in [0.25, 0.3) is 0 Å². The highest BCUT2D eigenvalue weighted by Crippen LogP contribution is 2.39. The Hall–Kier alpha value is -2.26. The number of hydrogen-bond acceptors (Lipinski definition) is 6. The van der Waals surface area contributed by atoms with E-state index in [-0.39, 0.29) is 18.1 Å². The molecule has 0 spiro atoms. The number of methoxy groups -OCH3 is 1. The number of amides is 1. The van der Waals surface area contributed by atoms with Gasteiger partial charge in [0.2, 0.25) is 0 Å². The van der Waals surface area contributed by atoms with Gasteiger partial charge < -0.3 is 19.3 Å². The highest BCUT2D eigenvalue weighted by molar-refractivity contribution is 9.13. The first kappa shape index (κ1) is 21.0. The van der Waals surface area contributed by atoms with Crippen LogP contribution in [-0.2, 0) is 4.79 Å². The number of carbonyl (C=O) groups excluding carboxylic acids is 1. The zero-order valence-electron chi connectivity index (χ0n) is 14.7. The smallest absolute Gasteiger partial charge is 0.277 e. The standard InChI is InChI=1S/C18H18Br2N2O5/c1-3-26-13-6-4-5-7-14(13)27-10-16(23)22-21-9-11-17(20)12(19)8-15(25-2)18(11)24/h4-9,24H,3,10H2,1-2H3,(H,22,23)/b21-9+. The summed E-state index contributed by atoms with van der Waals surface area (Å²) in [5.74, 6) is 0.735. The maximum atomic E-state index is 11.9. The van der Waals surface area contributed by atoms with E-state index in [1.165, 1.54) is 13.3 Å². The molecule has 7 nitrogen and oxygen atoms in total. The van der Waals surface area contributed by atoms with E-state index in [0.717, 1.165) is 0 Å². The summed E-state index contributed by atoms with van der Waals surface area (Å²) in [7, 11) is 1.44. The number of phenols is 1. The molecule has 0 aliphatic heterocycles. The molecule has 0 aliphatic rings. The van der Waals surface area contributed by atoms with Gasteiger partial charge in [-0.3, -0.25) is 4.79 Å². The predicted octanol–water partition coefficient (Wildman–Crippen LogP) is 3.85. The third-order valence-corrected chi connectivity index (χ3v) is 5.31. The largest absolute Gasteiger partial charge is 0.504 e. The Kier molecular flexibility index (Phi) is 7.93. The second kappa shape index (κ2) is 10.2. The van der Waals surface area contributed by atoms with Crippen molar-refractivity contribution < 1.29 is 24.1 Å². The quantitative estimate of drug-likeness (QED) is 0.423. The van der Waals surface area contributed by atoms with E-state index in [1.807, 2.05) is 13.0 Å². The molecular formula is C18H18Br2N2O5. The molecule has 2 rings (SSSR count). The molecule has 0 bridgehead atoms. The van der Waals surface area contributed by atoms with Crippen LogP contribution in [0.15, 0.2) is 44.4 Å². The number of phenolic OH excluding ortho intramolecular Hbond substituents is 1. The molecule has 0 fully saturated rings. The van der Waals surface area contributed by atoms with Crippen LogP contribution in [0.4, 0.5) is 0 Å². The van der Waals surface area contributed by atoms with Crippen LogP contribution in [0.1, 0.15) is 12.5 Å². The molecule has 0 saturated heterocycles. The predicted molar refractivity (Wildman–Crippen MR) is 109 cm³/mol. The minimum atomic E-state index is -0.463. The van der Waals surface area contributed by atoms with Gasteiger partial charge in [-0.2, -0.15) is 5.10 Å². The highest BCUT2D eigenvalue weighted by Gasteiger charge is 2.14. The van der Waals surface area contributed by atoms with Crippen molar-refractivity contribution in [2.75, 3.05) is 20.3 Å². The fraction of sp³-hybridized carbons (Fsp3) is 0.222. The van der Waals surface area contributed by atoms with Crippen molar-refractivity contribution in [1.82, 2.24) is 5.43 Å². The summed E-state index contributed by atoms with van der Waals surface area (Å²) in [6, 6.07) is 8.69. The number of halogens is 2. The minimum Gasteiger partial charge on any atom is -0.504 e. The van der Waals surface area contributed by atoms with Gasteiger partial charge in [-0.25, -0.2) is 5.43 Å². The monoisotopic (exact) mass is 500 g/mol. The molecule has 27 heavy (non-hydrogen) atoms. The van der Waals surface area contributed by atoms with Crippen molar-refractivity contribution in [2.45, 2.75) is 6.92 Å². The first-order valence-corrected chi connectivity index (χ1v) is 9.48. The molecule has 0 saturated carbocycles. The fourth-order valence-electron chi connectivity index (χ4n) is 2.07. The number of para-hydroxylation sites is 2. The Morgan fingerprint density at radius 1 is 1.22 bits per heavy atom.